The molecule has 0 spiro atoms. The van der Waals surface area contributed by atoms with Gasteiger partial charge in [0.1, 0.15) is 0 Å². The maximum Gasteiger partial charge on any atom is 0.224 e. The third kappa shape index (κ3) is 4.86. The Balaban J connectivity index is 1.86. The van der Waals surface area contributed by atoms with Crippen molar-refractivity contribution >= 4 is 27.3 Å². The van der Waals surface area contributed by atoms with Gasteiger partial charge in [0, 0.05) is 18.7 Å². The number of nitrogens with one attached hydrogen (secondary N) is 2. The van der Waals surface area contributed by atoms with Crippen LogP contribution in [0.4, 0.5) is 5.69 Å². The van der Waals surface area contributed by atoms with Gasteiger partial charge in [-0.2, -0.15) is 0 Å². The lowest BCUT2D eigenvalue weighted by Crippen LogP contribution is -2.36. The van der Waals surface area contributed by atoms with E-state index in [2.05, 4.69) is 10.6 Å². The minimum atomic E-state index is -2.99. The van der Waals surface area contributed by atoms with Crippen LogP contribution in [0.5, 0.6) is 0 Å². The van der Waals surface area contributed by atoms with Gasteiger partial charge in [0.05, 0.1) is 17.9 Å². The molecule has 0 bridgehead atoms. The summed E-state index contributed by atoms with van der Waals surface area (Å²) in [5.74, 6) is -0.170. The van der Waals surface area contributed by atoms with Crippen LogP contribution in [0.3, 0.4) is 0 Å². The summed E-state index contributed by atoms with van der Waals surface area (Å²) >= 11 is 0. The molecule has 1 saturated heterocycles. The van der Waals surface area contributed by atoms with Crippen LogP contribution >= 0.6 is 0 Å². The highest BCUT2D eigenvalue weighted by molar-refractivity contribution is 7.91. The van der Waals surface area contributed by atoms with Gasteiger partial charge in [-0.3, -0.25) is 9.59 Å². The Morgan fingerprint density at radius 3 is 2.43 bits per heavy atom. The largest absolute Gasteiger partial charge is 0.352 e. The van der Waals surface area contributed by atoms with Crippen molar-refractivity contribution in [3.05, 3.63) is 29.8 Å². The molecular weight excluding hydrogens is 292 g/mol. The van der Waals surface area contributed by atoms with Crippen molar-refractivity contribution in [2.45, 2.75) is 25.8 Å². The molecule has 1 fully saturated rings. The first-order valence-corrected chi connectivity index (χ1v) is 8.52. The van der Waals surface area contributed by atoms with Gasteiger partial charge in [0.2, 0.25) is 11.8 Å². The van der Waals surface area contributed by atoms with Gasteiger partial charge >= 0.3 is 0 Å². The molecule has 1 atom stereocenters. The summed E-state index contributed by atoms with van der Waals surface area (Å²) in [5, 5.41) is 5.39. The summed E-state index contributed by atoms with van der Waals surface area (Å²) < 4.78 is 22.6. The lowest BCUT2D eigenvalue weighted by Gasteiger charge is -2.11. The SMILES string of the molecule is CC(=O)Nc1ccc(CC(=O)NC2CCS(=O)(=O)C2)cc1. The Hall–Kier alpha value is -1.89. The first-order valence-electron chi connectivity index (χ1n) is 6.70. The van der Waals surface area contributed by atoms with E-state index in [0.717, 1.165) is 5.56 Å². The third-order valence-electron chi connectivity index (χ3n) is 3.24. The Morgan fingerprint density at radius 1 is 1.24 bits per heavy atom. The van der Waals surface area contributed by atoms with Gasteiger partial charge in [-0.05, 0) is 24.1 Å². The van der Waals surface area contributed by atoms with E-state index in [-0.39, 0.29) is 35.8 Å². The van der Waals surface area contributed by atoms with Crippen LogP contribution < -0.4 is 10.6 Å². The number of hydrogen-bond donors (Lipinski definition) is 2. The minimum Gasteiger partial charge on any atom is -0.352 e. The summed E-state index contributed by atoms with van der Waals surface area (Å²) in [7, 11) is -2.99. The average Bonchev–Trinajstić information content (AvgIpc) is 2.70. The Bertz CT molecular complexity index is 637. The van der Waals surface area contributed by atoms with Gasteiger partial charge in [-0.25, -0.2) is 8.42 Å². The van der Waals surface area contributed by atoms with Crippen molar-refractivity contribution in [3.63, 3.8) is 0 Å². The summed E-state index contributed by atoms with van der Waals surface area (Å²) in [5.41, 5.74) is 1.48. The van der Waals surface area contributed by atoms with Crippen molar-refractivity contribution in [2.75, 3.05) is 16.8 Å². The number of carbonyl (C=O) groups excluding carboxylic acids is 2. The average molecular weight is 310 g/mol. The Kier molecular flexibility index (Phi) is 4.62. The molecule has 1 aromatic carbocycles. The van der Waals surface area contributed by atoms with Crippen LogP contribution in [0, 0.1) is 0 Å². The number of amides is 2. The molecule has 21 heavy (non-hydrogen) atoms. The van der Waals surface area contributed by atoms with E-state index < -0.39 is 9.84 Å². The van der Waals surface area contributed by atoms with Crippen LogP contribution in [0.25, 0.3) is 0 Å². The minimum absolute atomic E-state index is 0.0280. The molecule has 1 unspecified atom stereocenters. The molecule has 2 N–H and O–H groups in total. The molecule has 0 aliphatic carbocycles. The Morgan fingerprint density at radius 2 is 1.90 bits per heavy atom. The zero-order valence-corrected chi connectivity index (χ0v) is 12.6. The van der Waals surface area contributed by atoms with Crippen molar-refractivity contribution in [3.8, 4) is 0 Å². The maximum absolute atomic E-state index is 11.9. The van der Waals surface area contributed by atoms with Crippen molar-refractivity contribution in [2.24, 2.45) is 0 Å². The number of sulfone groups is 1. The number of carbonyl (C=O) groups is 2. The van der Waals surface area contributed by atoms with E-state index in [1.807, 2.05) is 0 Å². The van der Waals surface area contributed by atoms with E-state index in [4.69, 9.17) is 0 Å². The van der Waals surface area contributed by atoms with Gasteiger partial charge in [0.15, 0.2) is 9.84 Å². The lowest BCUT2D eigenvalue weighted by molar-refractivity contribution is -0.121. The highest BCUT2D eigenvalue weighted by Gasteiger charge is 2.28. The molecule has 1 heterocycles. The zero-order chi connectivity index (χ0) is 15.5. The smallest absolute Gasteiger partial charge is 0.224 e. The van der Waals surface area contributed by atoms with Gasteiger partial charge < -0.3 is 10.6 Å². The van der Waals surface area contributed by atoms with Gasteiger partial charge in [0.25, 0.3) is 0 Å². The predicted molar refractivity (Wildman–Crippen MR) is 79.7 cm³/mol. The number of anilines is 1. The fourth-order valence-electron chi connectivity index (χ4n) is 2.28. The summed E-state index contributed by atoms with van der Waals surface area (Å²) in [4.78, 5) is 22.8. The molecule has 1 aliphatic heterocycles. The molecular formula is C14H18N2O4S. The van der Waals surface area contributed by atoms with Crippen LogP contribution in [0.1, 0.15) is 18.9 Å². The fourth-order valence-corrected chi connectivity index (χ4v) is 3.96. The number of rotatable bonds is 4. The molecule has 7 heteroatoms. The first-order chi connectivity index (χ1) is 9.84. The molecule has 1 aromatic rings. The van der Waals surface area contributed by atoms with Crippen molar-refractivity contribution < 1.29 is 18.0 Å². The lowest BCUT2D eigenvalue weighted by atomic mass is 10.1. The standard InChI is InChI=1S/C14H18N2O4S/c1-10(17)15-12-4-2-11(3-5-12)8-14(18)16-13-6-7-21(19,20)9-13/h2-5,13H,6-9H2,1H3,(H,15,17)(H,16,18). The summed E-state index contributed by atoms with van der Waals surface area (Å²) in [6.07, 6.45) is 0.673. The van der Waals surface area contributed by atoms with Crippen LogP contribution in [0.2, 0.25) is 0 Å². The van der Waals surface area contributed by atoms with E-state index in [1.54, 1.807) is 24.3 Å². The van der Waals surface area contributed by atoms with E-state index in [9.17, 15) is 18.0 Å². The van der Waals surface area contributed by atoms with Gasteiger partial charge in [-0.1, -0.05) is 12.1 Å². The van der Waals surface area contributed by atoms with Gasteiger partial charge in [-0.15, -0.1) is 0 Å². The fraction of sp³-hybridized carbons (Fsp3) is 0.429. The second kappa shape index (κ2) is 6.26. The molecule has 0 saturated carbocycles. The van der Waals surface area contributed by atoms with E-state index in [0.29, 0.717) is 12.1 Å². The molecule has 0 radical (unpaired) electrons. The van der Waals surface area contributed by atoms with Crippen LogP contribution in [0.15, 0.2) is 24.3 Å². The highest BCUT2D eigenvalue weighted by atomic mass is 32.2. The molecule has 6 nitrogen and oxygen atoms in total. The predicted octanol–water partition coefficient (Wildman–Crippen LogP) is 0.491. The first kappa shape index (κ1) is 15.5. The molecule has 2 amide bonds. The summed E-state index contributed by atoms with van der Waals surface area (Å²) in [6, 6.07) is 6.70. The molecule has 1 aliphatic rings. The van der Waals surface area contributed by atoms with Crippen molar-refractivity contribution in [1.29, 1.82) is 0 Å². The topological polar surface area (TPSA) is 92.3 Å². The second-order valence-corrected chi connectivity index (χ2v) is 7.45. The summed E-state index contributed by atoms with van der Waals surface area (Å²) in [6.45, 7) is 1.43. The second-order valence-electron chi connectivity index (χ2n) is 5.22. The molecule has 0 aromatic heterocycles. The quantitative estimate of drug-likeness (QED) is 0.846. The maximum atomic E-state index is 11.9. The third-order valence-corrected chi connectivity index (χ3v) is 5.00. The molecule has 2 rings (SSSR count). The number of benzene rings is 1. The normalized spacial score (nSPS) is 20.0. The Labute approximate surface area is 123 Å². The highest BCUT2D eigenvalue weighted by Crippen LogP contribution is 2.13. The van der Waals surface area contributed by atoms with E-state index >= 15 is 0 Å². The van der Waals surface area contributed by atoms with E-state index in [1.165, 1.54) is 6.92 Å². The van der Waals surface area contributed by atoms with Crippen LogP contribution in [-0.2, 0) is 25.8 Å². The molecule has 114 valence electrons. The monoisotopic (exact) mass is 310 g/mol. The van der Waals surface area contributed by atoms with Crippen LogP contribution in [-0.4, -0.2) is 37.8 Å². The number of hydrogen-bond acceptors (Lipinski definition) is 4. The zero-order valence-electron chi connectivity index (χ0n) is 11.8. The van der Waals surface area contributed by atoms with Crippen molar-refractivity contribution in [1.82, 2.24) is 5.32 Å².